The van der Waals surface area contributed by atoms with E-state index in [-0.39, 0.29) is 11.6 Å². The summed E-state index contributed by atoms with van der Waals surface area (Å²) in [7, 11) is 0. The van der Waals surface area contributed by atoms with Crippen molar-refractivity contribution < 1.29 is 9.21 Å². The van der Waals surface area contributed by atoms with Crippen molar-refractivity contribution in [2.45, 2.75) is 31.2 Å². The Morgan fingerprint density at radius 2 is 1.97 bits per heavy atom. The Labute approximate surface area is 184 Å². The quantitative estimate of drug-likeness (QED) is 0.424. The SMILES string of the molecule is Cc1ccc(-n2c(C)nnc2SCc2nc(C(=O)NCCc3ccccn3)co2)cc1. The van der Waals surface area contributed by atoms with E-state index in [9.17, 15) is 4.79 Å². The van der Waals surface area contributed by atoms with Crippen molar-refractivity contribution >= 4 is 17.7 Å². The van der Waals surface area contributed by atoms with Crippen LogP contribution in [0.1, 0.15) is 33.5 Å². The number of amides is 1. The Kier molecular flexibility index (Phi) is 6.42. The molecule has 0 unspecified atom stereocenters. The summed E-state index contributed by atoms with van der Waals surface area (Å²) in [5, 5.41) is 12.0. The summed E-state index contributed by atoms with van der Waals surface area (Å²) in [5.41, 5.74) is 3.37. The van der Waals surface area contributed by atoms with Crippen molar-refractivity contribution in [1.29, 1.82) is 0 Å². The van der Waals surface area contributed by atoms with Crippen molar-refractivity contribution in [3.63, 3.8) is 0 Å². The number of hydrogen-bond acceptors (Lipinski definition) is 7. The lowest BCUT2D eigenvalue weighted by molar-refractivity contribution is 0.0949. The average Bonchev–Trinajstić information content (AvgIpc) is 3.40. The molecule has 0 aliphatic carbocycles. The summed E-state index contributed by atoms with van der Waals surface area (Å²) in [4.78, 5) is 20.8. The molecule has 0 atom stereocenters. The molecule has 4 aromatic rings. The predicted molar refractivity (Wildman–Crippen MR) is 117 cm³/mol. The van der Waals surface area contributed by atoms with Crippen LogP contribution in [0.15, 0.2) is 64.5 Å². The number of rotatable bonds is 8. The molecule has 0 saturated heterocycles. The third-order valence-electron chi connectivity index (χ3n) is 4.59. The predicted octanol–water partition coefficient (Wildman–Crippen LogP) is 3.53. The van der Waals surface area contributed by atoms with Gasteiger partial charge < -0.3 is 9.73 Å². The Balaban J connectivity index is 1.34. The number of nitrogens with one attached hydrogen (secondary N) is 1. The van der Waals surface area contributed by atoms with Crippen molar-refractivity contribution in [3.8, 4) is 5.69 Å². The molecule has 8 nitrogen and oxygen atoms in total. The van der Waals surface area contributed by atoms with E-state index in [1.807, 2.05) is 48.7 Å². The molecule has 3 aromatic heterocycles. The van der Waals surface area contributed by atoms with Crippen LogP contribution in [0.2, 0.25) is 0 Å². The van der Waals surface area contributed by atoms with Gasteiger partial charge in [-0.25, -0.2) is 4.98 Å². The van der Waals surface area contributed by atoms with Gasteiger partial charge in [0, 0.05) is 30.5 Å². The smallest absolute Gasteiger partial charge is 0.273 e. The van der Waals surface area contributed by atoms with Crippen LogP contribution in [-0.4, -0.2) is 37.2 Å². The van der Waals surface area contributed by atoms with Gasteiger partial charge in [0.05, 0.1) is 5.75 Å². The van der Waals surface area contributed by atoms with Crippen LogP contribution in [0, 0.1) is 13.8 Å². The van der Waals surface area contributed by atoms with Gasteiger partial charge in [-0.2, -0.15) is 0 Å². The minimum absolute atomic E-state index is 0.257. The van der Waals surface area contributed by atoms with Crippen molar-refractivity contribution in [3.05, 3.63) is 83.6 Å². The second kappa shape index (κ2) is 9.57. The monoisotopic (exact) mass is 434 g/mol. The van der Waals surface area contributed by atoms with Gasteiger partial charge in [0.15, 0.2) is 10.9 Å². The Morgan fingerprint density at radius 3 is 2.74 bits per heavy atom. The molecule has 3 heterocycles. The molecule has 0 fully saturated rings. The third-order valence-corrected chi connectivity index (χ3v) is 5.50. The number of aromatic nitrogens is 5. The average molecular weight is 435 g/mol. The lowest BCUT2D eigenvalue weighted by Crippen LogP contribution is -2.26. The molecule has 9 heteroatoms. The van der Waals surface area contributed by atoms with E-state index in [2.05, 4.69) is 37.6 Å². The highest BCUT2D eigenvalue weighted by Crippen LogP contribution is 2.25. The second-order valence-electron chi connectivity index (χ2n) is 6.94. The van der Waals surface area contributed by atoms with E-state index in [1.54, 1.807) is 6.20 Å². The maximum atomic E-state index is 12.3. The molecule has 4 rings (SSSR count). The number of aryl methyl sites for hydroxylation is 2. The number of carbonyl (C=O) groups excluding carboxylic acids is 1. The summed E-state index contributed by atoms with van der Waals surface area (Å²) in [6, 6.07) is 13.9. The van der Waals surface area contributed by atoms with Gasteiger partial charge in [0.25, 0.3) is 5.91 Å². The van der Waals surface area contributed by atoms with Gasteiger partial charge in [-0.15, -0.1) is 10.2 Å². The first-order chi connectivity index (χ1) is 15.1. The zero-order valence-electron chi connectivity index (χ0n) is 17.3. The van der Waals surface area contributed by atoms with Crippen molar-refractivity contribution in [1.82, 2.24) is 30.0 Å². The van der Waals surface area contributed by atoms with Gasteiger partial charge in [-0.1, -0.05) is 35.5 Å². The van der Waals surface area contributed by atoms with Gasteiger partial charge >= 0.3 is 0 Å². The minimum atomic E-state index is -0.269. The fourth-order valence-electron chi connectivity index (χ4n) is 2.98. The van der Waals surface area contributed by atoms with Crippen LogP contribution >= 0.6 is 11.8 Å². The van der Waals surface area contributed by atoms with Crippen LogP contribution in [0.25, 0.3) is 5.69 Å². The van der Waals surface area contributed by atoms with Crippen LogP contribution in [0.3, 0.4) is 0 Å². The number of thioether (sulfide) groups is 1. The minimum Gasteiger partial charge on any atom is -0.447 e. The molecule has 0 aliphatic heterocycles. The maximum absolute atomic E-state index is 12.3. The Hall–Kier alpha value is -3.46. The summed E-state index contributed by atoms with van der Waals surface area (Å²) < 4.78 is 7.46. The van der Waals surface area contributed by atoms with Crippen LogP contribution < -0.4 is 5.32 Å². The van der Waals surface area contributed by atoms with Crippen molar-refractivity contribution in [2.24, 2.45) is 0 Å². The van der Waals surface area contributed by atoms with Gasteiger partial charge in [-0.3, -0.25) is 14.3 Å². The first-order valence-electron chi connectivity index (χ1n) is 9.84. The molecule has 0 aliphatic rings. The maximum Gasteiger partial charge on any atom is 0.273 e. The first-order valence-corrected chi connectivity index (χ1v) is 10.8. The summed E-state index contributed by atoms with van der Waals surface area (Å²) in [5.74, 6) is 1.42. The fraction of sp³-hybridized carbons (Fsp3) is 0.227. The molecular formula is C22H22N6O2S. The van der Waals surface area contributed by atoms with Crippen LogP contribution in [-0.2, 0) is 12.2 Å². The van der Waals surface area contributed by atoms with E-state index < -0.39 is 0 Å². The lowest BCUT2D eigenvalue weighted by atomic mass is 10.2. The molecule has 158 valence electrons. The second-order valence-corrected chi connectivity index (χ2v) is 7.89. The highest BCUT2D eigenvalue weighted by Gasteiger charge is 2.15. The number of carbonyl (C=O) groups is 1. The summed E-state index contributed by atoms with van der Waals surface area (Å²) >= 11 is 1.45. The summed E-state index contributed by atoms with van der Waals surface area (Å²) in [6.45, 7) is 4.44. The number of nitrogens with zero attached hydrogens (tertiary/aromatic N) is 5. The summed E-state index contributed by atoms with van der Waals surface area (Å²) in [6.07, 6.45) is 3.77. The number of pyridine rings is 1. The molecular weight excluding hydrogens is 412 g/mol. The van der Waals surface area contributed by atoms with E-state index in [4.69, 9.17) is 4.42 Å². The zero-order chi connectivity index (χ0) is 21.6. The highest BCUT2D eigenvalue weighted by molar-refractivity contribution is 7.98. The highest BCUT2D eigenvalue weighted by atomic mass is 32.2. The largest absolute Gasteiger partial charge is 0.447 e. The molecule has 0 bridgehead atoms. The van der Waals surface area contributed by atoms with Gasteiger partial charge in [0.1, 0.15) is 12.1 Å². The van der Waals surface area contributed by atoms with E-state index in [0.717, 1.165) is 22.4 Å². The fourth-order valence-corrected chi connectivity index (χ4v) is 3.83. The topological polar surface area (TPSA) is 98.7 Å². The Morgan fingerprint density at radius 1 is 1.13 bits per heavy atom. The molecule has 0 spiro atoms. The molecule has 31 heavy (non-hydrogen) atoms. The van der Waals surface area contributed by atoms with Crippen molar-refractivity contribution in [2.75, 3.05) is 6.54 Å². The molecule has 1 amide bonds. The zero-order valence-corrected chi connectivity index (χ0v) is 18.1. The normalized spacial score (nSPS) is 10.9. The molecule has 1 N–H and O–H groups in total. The van der Waals surface area contributed by atoms with Gasteiger partial charge in [-0.05, 0) is 38.1 Å². The number of benzene rings is 1. The first kappa shape index (κ1) is 20.8. The number of hydrogen-bond donors (Lipinski definition) is 1. The Bertz CT molecular complexity index is 1150. The van der Waals surface area contributed by atoms with Crippen LogP contribution in [0.5, 0.6) is 0 Å². The number of oxazole rings is 1. The molecule has 0 saturated carbocycles. The lowest BCUT2D eigenvalue weighted by Gasteiger charge is -2.08. The third kappa shape index (κ3) is 5.18. The van der Waals surface area contributed by atoms with E-state index in [1.165, 1.54) is 23.6 Å². The van der Waals surface area contributed by atoms with Crippen LogP contribution in [0.4, 0.5) is 0 Å². The van der Waals surface area contributed by atoms with E-state index in [0.29, 0.717) is 24.6 Å². The van der Waals surface area contributed by atoms with E-state index >= 15 is 0 Å². The molecule has 0 radical (unpaired) electrons. The van der Waals surface area contributed by atoms with Gasteiger partial charge in [0.2, 0.25) is 5.89 Å². The standard InChI is InChI=1S/C22H22N6O2S/c1-15-6-8-18(9-7-15)28-16(2)26-27-22(28)31-14-20-25-19(13-30-20)21(29)24-12-10-17-5-3-4-11-23-17/h3-9,11,13H,10,12,14H2,1-2H3,(H,24,29). The molecule has 1 aromatic carbocycles.